The maximum absolute atomic E-state index is 12.3. The van der Waals surface area contributed by atoms with Gasteiger partial charge in [0.1, 0.15) is 5.92 Å². The van der Waals surface area contributed by atoms with E-state index >= 15 is 0 Å². The Bertz CT molecular complexity index is 508. The Hall–Kier alpha value is -2.21. The molecular formula is C14H16O6. The summed E-state index contributed by atoms with van der Waals surface area (Å²) in [6.07, 6.45) is 1.53. The number of carboxylic acid groups (broad SMARTS) is 1. The van der Waals surface area contributed by atoms with E-state index < -0.39 is 23.6 Å². The Morgan fingerprint density at radius 1 is 1.20 bits per heavy atom. The van der Waals surface area contributed by atoms with Gasteiger partial charge in [-0.05, 0) is 12.5 Å². The summed E-state index contributed by atoms with van der Waals surface area (Å²) >= 11 is 0. The normalized spacial score (nSPS) is 11.7. The SMILES string of the molecule is CCCCC(C(=O)OO)C(=O)c1ccccc1C(=O)O. The van der Waals surface area contributed by atoms with Crippen LogP contribution in [-0.2, 0) is 9.68 Å². The van der Waals surface area contributed by atoms with Gasteiger partial charge in [-0.1, -0.05) is 38.0 Å². The molecule has 20 heavy (non-hydrogen) atoms. The number of Topliss-reactive ketones (excluding diaryl/α,β-unsaturated/α-hetero) is 1. The van der Waals surface area contributed by atoms with E-state index in [0.717, 1.165) is 6.42 Å². The highest BCUT2D eigenvalue weighted by Crippen LogP contribution is 2.20. The van der Waals surface area contributed by atoms with Gasteiger partial charge < -0.3 is 9.99 Å². The average Bonchev–Trinajstić information content (AvgIpc) is 2.46. The van der Waals surface area contributed by atoms with Gasteiger partial charge in [-0.15, -0.1) is 0 Å². The van der Waals surface area contributed by atoms with Crippen molar-refractivity contribution in [1.29, 1.82) is 0 Å². The first-order valence-electron chi connectivity index (χ1n) is 6.24. The summed E-state index contributed by atoms with van der Waals surface area (Å²) in [6.45, 7) is 1.89. The largest absolute Gasteiger partial charge is 0.478 e. The first kappa shape index (κ1) is 15.8. The highest BCUT2D eigenvalue weighted by Gasteiger charge is 2.31. The van der Waals surface area contributed by atoms with Crippen LogP contribution in [0.5, 0.6) is 0 Å². The Balaban J connectivity index is 3.12. The molecule has 0 saturated carbocycles. The zero-order chi connectivity index (χ0) is 15.1. The molecule has 6 heteroatoms. The number of aromatic carboxylic acids is 1. The predicted octanol–water partition coefficient (Wildman–Crippen LogP) is 2.39. The van der Waals surface area contributed by atoms with Crippen LogP contribution < -0.4 is 0 Å². The number of unbranched alkanes of at least 4 members (excludes halogenated alkanes) is 1. The van der Waals surface area contributed by atoms with Crippen LogP contribution in [0.3, 0.4) is 0 Å². The number of hydrogen-bond acceptors (Lipinski definition) is 5. The van der Waals surface area contributed by atoms with Crippen LogP contribution in [0.4, 0.5) is 0 Å². The molecule has 0 saturated heterocycles. The second-order valence-corrected chi connectivity index (χ2v) is 4.32. The molecule has 0 aliphatic heterocycles. The summed E-state index contributed by atoms with van der Waals surface area (Å²) in [5.41, 5.74) is -0.240. The van der Waals surface area contributed by atoms with Crippen molar-refractivity contribution in [2.24, 2.45) is 5.92 Å². The molecule has 108 valence electrons. The van der Waals surface area contributed by atoms with Crippen molar-refractivity contribution in [3.8, 4) is 0 Å². The van der Waals surface area contributed by atoms with E-state index in [0.29, 0.717) is 6.42 Å². The van der Waals surface area contributed by atoms with E-state index in [4.69, 9.17) is 10.4 Å². The Morgan fingerprint density at radius 3 is 2.30 bits per heavy atom. The molecule has 1 atom stereocenters. The monoisotopic (exact) mass is 280 g/mol. The molecule has 2 N–H and O–H groups in total. The van der Waals surface area contributed by atoms with Gasteiger partial charge in [-0.2, -0.15) is 5.26 Å². The number of carbonyl (C=O) groups excluding carboxylic acids is 2. The molecule has 0 aliphatic carbocycles. The van der Waals surface area contributed by atoms with Crippen molar-refractivity contribution in [2.45, 2.75) is 26.2 Å². The van der Waals surface area contributed by atoms with Gasteiger partial charge >= 0.3 is 11.9 Å². The second-order valence-electron chi connectivity index (χ2n) is 4.32. The molecule has 1 aromatic rings. The highest BCUT2D eigenvalue weighted by atomic mass is 17.1. The van der Waals surface area contributed by atoms with Gasteiger partial charge in [0.25, 0.3) is 0 Å². The molecule has 0 heterocycles. The molecule has 6 nitrogen and oxygen atoms in total. The van der Waals surface area contributed by atoms with Crippen LogP contribution in [0.25, 0.3) is 0 Å². The molecule has 1 aromatic carbocycles. The summed E-state index contributed by atoms with van der Waals surface area (Å²) in [4.78, 5) is 38.5. The highest BCUT2D eigenvalue weighted by molar-refractivity contribution is 6.13. The maximum atomic E-state index is 12.3. The van der Waals surface area contributed by atoms with E-state index in [2.05, 4.69) is 4.89 Å². The van der Waals surface area contributed by atoms with Gasteiger partial charge in [0.05, 0.1) is 5.56 Å². The van der Waals surface area contributed by atoms with Crippen LogP contribution in [0.15, 0.2) is 24.3 Å². The van der Waals surface area contributed by atoms with Crippen molar-refractivity contribution in [3.63, 3.8) is 0 Å². The topological polar surface area (TPSA) is 101 Å². The Labute approximate surface area is 115 Å². The second kappa shape index (κ2) is 7.40. The van der Waals surface area contributed by atoms with Crippen molar-refractivity contribution < 1.29 is 29.6 Å². The van der Waals surface area contributed by atoms with Crippen LogP contribution in [-0.4, -0.2) is 28.1 Å². The summed E-state index contributed by atoms with van der Waals surface area (Å²) in [6, 6.07) is 5.64. The quantitative estimate of drug-likeness (QED) is 0.344. The fourth-order valence-electron chi connectivity index (χ4n) is 1.90. The van der Waals surface area contributed by atoms with E-state index in [1.165, 1.54) is 24.3 Å². The lowest BCUT2D eigenvalue weighted by Crippen LogP contribution is -2.27. The summed E-state index contributed by atoms with van der Waals surface area (Å²) in [5, 5.41) is 17.5. The van der Waals surface area contributed by atoms with E-state index in [1.807, 2.05) is 6.92 Å². The van der Waals surface area contributed by atoms with Crippen LogP contribution >= 0.6 is 0 Å². The third-order valence-electron chi connectivity index (χ3n) is 2.96. The average molecular weight is 280 g/mol. The number of carboxylic acids is 1. The standard InChI is InChI=1S/C14H16O6/c1-2-3-6-11(14(18)20-19)12(15)9-7-4-5-8-10(9)13(16)17/h4-5,7-8,11,19H,2-3,6H2,1H3,(H,16,17). The van der Waals surface area contributed by atoms with Crippen LogP contribution in [0.1, 0.15) is 46.9 Å². The zero-order valence-corrected chi connectivity index (χ0v) is 11.0. The van der Waals surface area contributed by atoms with Gasteiger partial charge in [-0.3, -0.25) is 4.79 Å². The van der Waals surface area contributed by atoms with Crippen LogP contribution in [0.2, 0.25) is 0 Å². The minimum Gasteiger partial charge on any atom is -0.478 e. The first-order chi connectivity index (χ1) is 9.52. The van der Waals surface area contributed by atoms with Gasteiger partial charge in [0.2, 0.25) is 0 Å². The molecule has 0 bridgehead atoms. The fourth-order valence-corrected chi connectivity index (χ4v) is 1.90. The number of rotatable bonds is 7. The molecular weight excluding hydrogens is 264 g/mol. The Kier molecular flexibility index (Phi) is 5.86. The Morgan fingerprint density at radius 2 is 1.80 bits per heavy atom. The molecule has 0 radical (unpaired) electrons. The fraction of sp³-hybridized carbons (Fsp3) is 0.357. The molecule has 0 aliphatic rings. The van der Waals surface area contributed by atoms with Crippen molar-refractivity contribution >= 4 is 17.7 Å². The van der Waals surface area contributed by atoms with Crippen molar-refractivity contribution in [2.75, 3.05) is 0 Å². The minimum absolute atomic E-state index is 0.0634. The number of carbonyl (C=O) groups is 3. The summed E-state index contributed by atoms with van der Waals surface area (Å²) < 4.78 is 0. The molecule has 1 rings (SSSR count). The lowest BCUT2D eigenvalue weighted by Gasteiger charge is -2.13. The zero-order valence-electron chi connectivity index (χ0n) is 11.0. The number of hydrogen-bond donors (Lipinski definition) is 2. The van der Waals surface area contributed by atoms with Crippen LogP contribution in [0, 0.1) is 5.92 Å². The third kappa shape index (κ3) is 3.64. The van der Waals surface area contributed by atoms with Gasteiger partial charge in [0.15, 0.2) is 5.78 Å². The molecule has 0 aromatic heterocycles. The summed E-state index contributed by atoms with van der Waals surface area (Å²) in [7, 11) is 0. The lowest BCUT2D eigenvalue weighted by molar-refractivity contribution is -0.237. The number of ketones is 1. The lowest BCUT2D eigenvalue weighted by atomic mass is 9.90. The number of benzene rings is 1. The van der Waals surface area contributed by atoms with Gasteiger partial charge in [0, 0.05) is 5.56 Å². The molecule has 0 fully saturated rings. The van der Waals surface area contributed by atoms with Gasteiger partial charge in [-0.25, -0.2) is 9.59 Å². The molecule has 0 amide bonds. The first-order valence-corrected chi connectivity index (χ1v) is 6.24. The molecule has 0 spiro atoms. The van der Waals surface area contributed by atoms with Crippen molar-refractivity contribution in [1.82, 2.24) is 0 Å². The maximum Gasteiger partial charge on any atom is 0.352 e. The van der Waals surface area contributed by atoms with Crippen molar-refractivity contribution in [3.05, 3.63) is 35.4 Å². The predicted molar refractivity (Wildman–Crippen MR) is 69.5 cm³/mol. The van der Waals surface area contributed by atoms with E-state index in [-0.39, 0.29) is 17.5 Å². The van der Waals surface area contributed by atoms with E-state index in [1.54, 1.807) is 0 Å². The molecule has 1 unspecified atom stereocenters. The van der Waals surface area contributed by atoms with E-state index in [9.17, 15) is 14.4 Å². The summed E-state index contributed by atoms with van der Waals surface area (Å²) in [5.74, 6) is -4.17. The minimum atomic E-state index is -1.25. The smallest absolute Gasteiger partial charge is 0.352 e. The third-order valence-corrected chi connectivity index (χ3v) is 2.96.